The van der Waals surface area contributed by atoms with Crippen LogP contribution < -0.4 is 10.9 Å². The van der Waals surface area contributed by atoms with Gasteiger partial charge in [-0.2, -0.15) is 0 Å². The van der Waals surface area contributed by atoms with Gasteiger partial charge in [0.25, 0.3) is 5.56 Å². The molecule has 1 aromatic heterocycles. The number of hydrogen-bond donors (Lipinski definition) is 1. The Morgan fingerprint density at radius 1 is 1.39 bits per heavy atom. The minimum atomic E-state index is -0.471. The summed E-state index contributed by atoms with van der Waals surface area (Å²) in [6.45, 7) is -0.00549. The average Bonchev–Trinajstić information content (AvgIpc) is 2.32. The van der Waals surface area contributed by atoms with E-state index in [0.29, 0.717) is 18.3 Å². The Bertz CT molecular complexity index is 561. The van der Waals surface area contributed by atoms with E-state index in [4.69, 9.17) is 0 Å². The number of nitrogens with one attached hydrogen (secondary N) is 1. The number of aromatic nitrogens is 1. The summed E-state index contributed by atoms with van der Waals surface area (Å²) in [5, 5.41) is 2.24. The van der Waals surface area contributed by atoms with Crippen LogP contribution in [0.4, 0.5) is 0 Å². The summed E-state index contributed by atoms with van der Waals surface area (Å²) in [6.07, 6.45) is 2.79. The second-order valence-electron chi connectivity index (χ2n) is 4.12. The van der Waals surface area contributed by atoms with Crippen molar-refractivity contribution in [1.82, 2.24) is 9.88 Å². The van der Waals surface area contributed by atoms with Gasteiger partial charge in [0.05, 0.1) is 12.5 Å². The van der Waals surface area contributed by atoms with Crippen molar-refractivity contribution in [3.63, 3.8) is 0 Å². The van der Waals surface area contributed by atoms with Gasteiger partial charge in [-0.25, -0.2) is 0 Å². The van der Waals surface area contributed by atoms with E-state index in [1.165, 1.54) is 16.8 Å². The lowest BCUT2D eigenvalue weighted by Crippen LogP contribution is -2.39. The molecular formula is C12H12N2O4. The number of rotatable bonds is 3. The quantitative estimate of drug-likeness (QED) is 0.581. The Balaban J connectivity index is 2.26. The van der Waals surface area contributed by atoms with Crippen LogP contribution in [0, 0.1) is 0 Å². The molecule has 1 N–H and O–H groups in total. The van der Waals surface area contributed by atoms with Crippen LogP contribution >= 0.6 is 0 Å². The number of nitrogens with zero attached hydrogens (tertiary/aromatic N) is 1. The van der Waals surface area contributed by atoms with Gasteiger partial charge in [-0.15, -0.1) is 0 Å². The molecule has 1 saturated heterocycles. The van der Waals surface area contributed by atoms with Crippen LogP contribution in [-0.2, 0) is 20.9 Å². The number of aldehydes is 1. The van der Waals surface area contributed by atoms with Crippen molar-refractivity contribution in [2.75, 3.05) is 0 Å². The summed E-state index contributed by atoms with van der Waals surface area (Å²) in [5.41, 5.74) is 0.247. The highest BCUT2D eigenvalue weighted by Gasteiger charge is 2.28. The van der Waals surface area contributed by atoms with Crippen molar-refractivity contribution in [2.24, 2.45) is 0 Å². The maximum Gasteiger partial charge on any atom is 0.251 e. The topological polar surface area (TPSA) is 85.2 Å². The summed E-state index contributed by atoms with van der Waals surface area (Å²) in [5.74, 6) is -1.13. The molecule has 0 aromatic carbocycles. The van der Waals surface area contributed by atoms with Crippen molar-refractivity contribution < 1.29 is 14.4 Å². The highest BCUT2D eigenvalue weighted by molar-refractivity contribution is 6.00. The van der Waals surface area contributed by atoms with Gasteiger partial charge >= 0.3 is 0 Å². The van der Waals surface area contributed by atoms with Gasteiger partial charge in [0.2, 0.25) is 11.8 Å². The first-order valence-electron chi connectivity index (χ1n) is 5.59. The van der Waals surface area contributed by atoms with Crippen molar-refractivity contribution in [2.45, 2.75) is 25.3 Å². The monoisotopic (exact) mass is 248 g/mol. The molecule has 18 heavy (non-hydrogen) atoms. The van der Waals surface area contributed by atoms with E-state index in [1.54, 1.807) is 6.07 Å². The molecular weight excluding hydrogens is 236 g/mol. The molecule has 1 fully saturated rings. The molecule has 2 rings (SSSR count). The number of hydrogen-bond acceptors (Lipinski definition) is 4. The zero-order valence-electron chi connectivity index (χ0n) is 9.59. The van der Waals surface area contributed by atoms with Crippen molar-refractivity contribution in [1.29, 1.82) is 0 Å². The zero-order valence-corrected chi connectivity index (χ0v) is 9.59. The van der Waals surface area contributed by atoms with Crippen LogP contribution in [-0.4, -0.2) is 22.7 Å². The molecule has 0 bridgehead atoms. The third kappa shape index (κ3) is 2.37. The molecule has 1 aromatic rings. The number of carbonyl (C=O) groups is 3. The largest absolute Gasteiger partial charge is 0.308 e. The Hall–Kier alpha value is -2.24. The molecule has 0 radical (unpaired) electrons. The van der Waals surface area contributed by atoms with Crippen molar-refractivity contribution >= 4 is 18.1 Å². The summed E-state index contributed by atoms with van der Waals surface area (Å²) >= 11 is 0. The first-order valence-corrected chi connectivity index (χ1v) is 5.59. The molecule has 1 aliphatic heterocycles. The van der Waals surface area contributed by atoms with Gasteiger partial charge in [0, 0.05) is 18.7 Å². The maximum atomic E-state index is 11.6. The average molecular weight is 248 g/mol. The Kier molecular flexibility index (Phi) is 3.36. The molecule has 94 valence electrons. The van der Waals surface area contributed by atoms with E-state index in [-0.39, 0.29) is 30.3 Å². The minimum absolute atomic E-state index is 0.00549. The number of amides is 2. The molecule has 0 aliphatic carbocycles. The third-order valence-corrected chi connectivity index (χ3v) is 2.93. The Labute approximate surface area is 103 Å². The van der Waals surface area contributed by atoms with Gasteiger partial charge in [0.15, 0.2) is 0 Å². The Morgan fingerprint density at radius 3 is 2.78 bits per heavy atom. The van der Waals surface area contributed by atoms with Crippen molar-refractivity contribution in [3.05, 3.63) is 34.2 Å². The second-order valence-corrected chi connectivity index (χ2v) is 4.12. The predicted octanol–water partition coefficient (Wildman–Crippen LogP) is -0.433. The van der Waals surface area contributed by atoms with Crippen LogP contribution in [0.25, 0.3) is 0 Å². The normalized spacial score (nSPS) is 19.4. The first kappa shape index (κ1) is 12.2. The lowest BCUT2D eigenvalue weighted by atomic mass is 9.91. The highest BCUT2D eigenvalue weighted by Crippen LogP contribution is 2.23. The number of piperidine rings is 1. The van der Waals surface area contributed by atoms with Crippen LogP contribution in [0.2, 0.25) is 0 Å². The maximum absolute atomic E-state index is 11.6. The van der Waals surface area contributed by atoms with Crippen LogP contribution in [0.15, 0.2) is 23.1 Å². The van der Waals surface area contributed by atoms with E-state index >= 15 is 0 Å². The van der Waals surface area contributed by atoms with Gasteiger partial charge in [0.1, 0.15) is 6.29 Å². The minimum Gasteiger partial charge on any atom is -0.308 e. The summed E-state index contributed by atoms with van der Waals surface area (Å²) < 4.78 is 1.25. The van der Waals surface area contributed by atoms with Crippen LogP contribution in [0.5, 0.6) is 0 Å². The van der Waals surface area contributed by atoms with E-state index in [0.717, 1.165) is 0 Å². The van der Waals surface area contributed by atoms with Crippen molar-refractivity contribution in [3.8, 4) is 0 Å². The number of imide groups is 1. The molecule has 1 unspecified atom stereocenters. The van der Waals surface area contributed by atoms with Crippen LogP contribution in [0.3, 0.4) is 0 Å². The fourth-order valence-electron chi connectivity index (χ4n) is 1.98. The van der Waals surface area contributed by atoms with E-state index in [2.05, 4.69) is 5.32 Å². The molecule has 2 heterocycles. The lowest BCUT2D eigenvalue weighted by molar-refractivity contribution is -0.134. The Morgan fingerprint density at radius 2 is 2.17 bits per heavy atom. The smallest absolute Gasteiger partial charge is 0.251 e. The van der Waals surface area contributed by atoms with Gasteiger partial charge < -0.3 is 9.36 Å². The van der Waals surface area contributed by atoms with E-state index in [9.17, 15) is 19.2 Å². The highest BCUT2D eigenvalue weighted by atomic mass is 16.2. The number of carbonyl (C=O) groups excluding carboxylic acids is 3. The van der Waals surface area contributed by atoms with Gasteiger partial charge in [-0.05, 0) is 18.1 Å². The molecule has 6 nitrogen and oxygen atoms in total. The molecule has 0 saturated carbocycles. The fourth-order valence-corrected chi connectivity index (χ4v) is 1.98. The van der Waals surface area contributed by atoms with Gasteiger partial charge in [-0.3, -0.25) is 19.7 Å². The standard InChI is InChI=1S/C12H12N2O4/c15-6-5-14-4-3-8(7-11(14)17)9-1-2-10(16)13-12(9)18/h3-4,6-7,9H,1-2,5H2,(H,13,16,18). The van der Waals surface area contributed by atoms with E-state index < -0.39 is 5.92 Å². The van der Waals surface area contributed by atoms with Crippen LogP contribution in [0.1, 0.15) is 24.3 Å². The predicted molar refractivity (Wildman–Crippen MR) is 61.9 cm³/mol. The summed E-state index contributed by atoms with van der Waals surface area (Å²) in [4.78, 5) is 44.6. The number of pyridine rings is 1. The van der Waals surface area contributed by atoms with E-state index in [1.807, 2.05) is 0 Å². The third-order valence-electron chi connectivity index (χ3n) is 2.93. The fraction of sp³-hybridized carbons (Fsp3) is 0.333. The molecule has 2 amide bonds. The molecule has 0 spiro atoms. The van der Waals surface area contributed by atoms with Gasteiger partial charge in [-0.1, -0.05) is 0 Å². The summed E-state index contributed by atoms with van der Waals surface area (Å²) in [6, 6.07) is 2.97. The lowest BCUT2D eigenvalue weighted by Gasteiger charge is -2.21. The second kappa shape index (κ2) is 4.95. The first-order chi connectivity index (χ1) is 8.61. The summed E-state index contributed by atoms with van der Waals surface area (Å²) in [7, 11) is 0. The molecule has 6 heteroatoms. The molecule has 1 atom stereocenters. The molecule has 1 aliphatic rings. The zero-order chi connectivity index (χ0) is 13.1. The SMILES string of the molecule is O=CCn1ccc(C2CCC(=O)NC2=O)cc1=O.